The second-order valence-electron chi connectivity index (χ2n) is 6.79. The zero-order chi connectivity index (χ0) is 18.1. The predicted octanol–water partition coefficient (Wildman–Crippen LogP) is 6.26. The van der Waals surface area contributed by atoms with Crippen molar-refractivity contribution in [3.05, 3.63) is 92.6 Å². The maximum atomic E-state index is 6.75. The van der Waals surface area contributed by atoms with E-state index in [2.05, 4.69) is 83.7 Å². The lowest BCUT2D eigenvalue weighted by Crippen LogP contribution is -2.41. The van der Waals surface area contributed by atoms with E-state index in [0.29, 0.717) is 5.92 Å². The number of benzene rings is 2. The molecule has 0 spiro atoms. The Balaban J connectivity index is 1.92. The van der Waals surface area contributed by atoms with E-state index in [1.54, 1.807) is 11.3 Å². The molecule has 0 fully saturated rings. The lowest BCUT2D eigenvalue weighted by molar-refractivity contribution is 0.0817. The van der Waals surface area contributed by atoms with Gasteiger partial charge in [0.05, 0.1) is 0 Å². The third-order valence-corrected chi connectivity index (χ3v) is 6.60. The highest BCUT2D eigenvalue weighted by Crippen LogP contribution is 2.46. The number of rotatable bonds is 4. The lowest BCUT2D eigenvalue weighted by Gasteiger charge is -2.36. The summed E-state index contributed by atoms with van der Waals surface area (Å²) < 4.78 is 7.78. The van der Waals surface area contributed by atoms with Gasteiger partial charge in [0.25, 0.3) is 0 Å². The molecule has 0 N–H and O–H groups in total. The molecular weight excluding hydrogens is 406 g/mol. The molecule has 2 heterocycles. The first-order valence-corrected chi connectivity index (χ1v) is 10.4. The summed E-state index contributed by atoms with van der Waals surface area (Å²) in [5.74, 6) is 1.05. The van der Waals surface area contributed by atoms with E-state index in [1.807, 2.05) is 18.2 Å². The van der Waals surface area contributed by atoms with Crippen LogP contribution in [0.5, 0.6) is 0 Å². The number of thiophene rings is 1. The number of aliphatic imine (C=N–C) groups is 1. The Kier molecular flexibility index (Phi) is 4.72. The zero-order valence-corrected chi connectivity index (χ0v) is 17.1. The van der Waals surface area contributed by atoms with Crippen molar-refractivity contribution < 1.29 is 4.74 Å². The molecule has 0 amide bonds. The molecule has 4 heteroatoms. The van der Waals surface area contributed by atoms with Crippen LogP contribution in [0, 0.1) is 5.92 Å². The summed E-state index contributed by atoms with van der Waals surface area (Å²) in [7, 11) is 0. The second-order valence-corrected chi connectivity index (χ2v) is 8.56. The van der Waals surface area contributed by atoms with Crippen LogP contribution in [0.25, 0.3) is 0 Å². The Labute approximate surface area is 166 Å². The first-order valence-electron chi connectivity index (χ1n) is 8.74. The van der Waals surface area contributed by atoms with Crippen molar-refractivity contribution in [2.75, 3.05) is 0 Å². The van der Waals surface area contributed by atoms with Crippen LogP contribution in [-0.4, -0.2) is 11.9 Å². The molecular formula is C22H20BrNOS. The number of hydrogen-bond donors (Lipinski definition) is 0. The summed E-state index contributed by atoms with van der Waals surface area (Å²) in [6.45, 7) is 4.43. The van der Waals surface area contributed by atoms with Crippen molar-refractivity contribution in [3.63, 3.8) is 0 Å². The number of hydrogen-bond acceptors (Lipinski definition) is 3. The third-order valence-electron chi connectivity index (χ3n) is 4.78. The quantitative estimate of drug-likeness (QED) is 0.483. The normalized spacial score (nSPS) is 18.6. The summed E-state index contributed by atoms with van der Waals surface area (Å²) >= 11 is 5.28. The maximum absolute atomic E-state index is 6.75. The monoisotopic (exact) mass is 425 g/mol. The Morgan fingerprint density at radius 3 is 2.00 bits per heavy atom. The molecule has 0 bridgehead atoms. The molecule has 1 atom stereocenters. The highest BCUT2D eigenvalue weighted by atomic mass is 79.9. The summed E-state index contributed by atoms with van der Waals surface area (Å²) in [5, 5.41) is 2.06. The number of halogens is 1. The molecule has 0 aliphatic carbocycles. The Hall–Kier alpha value is -1.91. The van der Waals surface area contributed by atoms with Gasteiger partial charge in [0, 0.05) is 15.6 Å². The van der Waals surface area contributed by atoms with Gasteiger partial charge in [0.1, 0.15) is 10.9 Å². The smallest absolute Gasteiger partial charge is 0.229 e. The molecule has 1 aliphatic rings. The van der Waals surface area contributed by atoms with E-state index >= 15 is 0 Å². The third kappa shape index (κ3) is 2.81. The van der Waals surface area contributed by atoms with Gasteiger partial charge in [-0.2, -0.15) is 0 Å². The van der Waals surface area contributed by atoms with Gasteiger partial charge in [-0.25, -0.2) is 4.99 Å². The zero-order valence-electron chi connectivity index (χ0n) is 14.7. The van der Waals surface area contributed by atoms with Gasteiger partial charge >= 0.3 is 0 Å². The van der Waals surface area contributed by atoms with Crippen LogP contribution in [0.4, 0.5) is 0 Å². The van der Waals surface area contributed by atoms with E-state index in [-0.39, 0.29) is 6.04 Å². The fourth-order valence-electron chi connectivity index (χ4n) is 3.62. The minimum absolute atomic E-state index is 0.00343. The standard InChI is InChI=1S/C22H20BrNOS/c1-15(2)20-22(16-9-5-3-6-10-16,17-11-7-4-8-12-17)25-21(24-20)19-18(23)13-14-26-19/h3-15,20H,1-2H3/t20-/m0/s1. The molecule has 1 aromatic heterocycles. The summed E-state index contributed by atoms with van der Waals surface area (Å²) in [5.41, 5.74) is 1.66. The van der Waals surface area contributed by atoms with Crippen LogP contribution in [-0.2, 0) is 10.3 Å². The van der Waals surface area contributed by atoms with Crippen LogP contribution in [0.15, 0.2) is 81.6 Å². The molecule has 1 aliphatic heterocycles. The van der Waals surface area contributed by atoms with Crippen molar-refractivity contribution in [1.29, 1.82) is 0 Å². The maximum Gasteiger partial charge on any atom is 0.229 e. The molecule has 0 saturated carbocycles. The van der Waals surface area contributed by atoms with Crippen LogP contribution in [0.3, 0.4) is 0 Å². The van der Waals surface area contributed by atoms with Crippen molar-refractivity contribution in [1.82, 2.24) is 0 Å². The molecule has 2 aromatic carbocycles. The van der Waals surface area contributed by atoms with Crippen LogP contribution < -0.4 is 0 Å². The molecule has 3 aromatic rings. The van der Waals surface area contributed by atoms with Crippen LogP contribution in [0.2, 0.25) is 0 Å². The average Bonchev–Trinajstić information content (AvgIpc) is 3.27. The summed E-state index contributed by atoms with van der Waals surface area (Å²) in [6.07, 6.45) is 0. The van der Waals surface area contributed by atoms with Gasteiger partial charge in [-0.3, -0.25) is 0 Å². The minimum atomic E-state index is -0.616. The van der Waals surface area contributed by atoms with Crippen molar-refractivity contribution in [2.24, 2.45) is 10.9 Å². The molecule has 0 radical (unpaired) electrons. The predicted molar refractivity (Wildman–Crippen MR) is 112 cm³/mol. The van der Waals surface area contributed by atoms with Gasteiger partial charge in [0.15, 0.2) is 5.60 Å². The lowest BCUT2D eigenvalue weighted by atomic mass is 9.76. The Morgan fingerprint density at radius 1 is 0.962 bits per heavy atom. The van der Waals surface area contributed by atoms with E-state index in [1.165, 1.54) is 0 Å². The van der Waals surface area contributed by atoms with Gasteiger partial charge in [-0.1, -0.05) is 74.5 Å². The average molecular weight is 426 g/mol. The van der Waals surface area contributed by atoms with Gasteiger partial charge in [0.2, 0.25) is 5.90 Å². The SMILES string of the molecule is CC(C)[C@@H]1N=C(c2sccc2Br)OC1(c1ccccc1)c1ccccc1. The van der Waals surface area contributed by atoms with Crippen LogP contribution >= 0.6 is 27.3 Å². The van der Waals surface area contributed by atoms with Crippen LogP contribution in [0.1, 0.15) is 29.9 Å². The Bertz CT molecular complexity index is 878. The van der Waals surface area contributed by atoms with Gasteiger partial charge < -0.3 is 4.74 Å². The Morgan fingerprint density at radius 2 is 1.54 bits per heavy atom. The topological polar surface area (TPSA) is 21.6 Å². The van der Waals surface area contributed by atoms with Gasteiger partial charge in [-0.05, 0) is 33.3 Å². The van der Waals surface area contributed by atoms with Crippen molar-refractivity contribution in [3.8, 4) is 0 Å². The fraction of sp³-hybridized carbons (Fsp3) is 0.227. The second kappa shape index (κ2) is 7.01. The molecule has 0 saturated heterocycles. The number of ether oxygens (including phenoxy) is 1. The first kappa shape index (κ1) is 17.5. The van der Waals surface area contributed by atoms with E-state index in [9.17, 15) is 0 Å². The molecule has 132 valence electrons. The molecule has 4 rings (SSSR count). The van der Waals surface area contributed by atoms with E-state index < -0.39 is 5.60 Å². The fourth-order valence-corrected chi connectivity index (χ4v) is 5.10. The van der Waals surface area contributed by atoms with Gasteiger partial charge in [-0.15, -0.1) is 11.3 Å². The highest BCUT2D eigenvalue weighted by molar-refractivity contribution is 9.10. The molecule has 26 heavy (non-hydrogen) atoms. The first-order chi connectivity index (χ1) is 12.6. The summed E-state index contributed by atoms with van der Waals surface area (Å²) in [4.78, 5) is 6.12. The number of nitrogens with zero attached hydrogens (tertiary/aromatic N) is 1. The minimum Gasteiger partial charge on any atom is -0.458 e. The van der Waals surface area contributed by atoms with Crippen molar-refractivity contribution >= 4 is 33.2 Å². The van der Waals surface area contributed by atoms with E-state index in [0.717, 1.165) is 26.4 Å². The molecule has 0 unspecified atom stereocenters. The largest absolute Gasteiger partial charge is 0.458 e. The summed E-state index contributed by atoms with van der Waals surface area (Å²) in [6, 6.07) is 23.0. The van der Waals surface area contributed by atoms with Crippen molar-refractivity contribution in [2.45, 2.75) is 25.5 Å². The molecule has 2 nitrogen and oxygen atoms in total. The highest BCUT2D eigenvalue weighted by Gasteiger charge is 2.51. The van der Waals surface area contributed by atoms with E-state index in [4.69, 9.17) is 9.73 Å².